The lowest BCUT2D eigenvalue weighted by Crippen LogP contribution is -2.13. The van der Waals surface area contributed by atoms with Gasteiger partial charge in [-0.3, -0.25) is 14.8 Å². The van der Waals surface area contributed by atoms with Crippen molar-refractivity contribution in [1.82, 2.24) is 9.78 Å². The van der Waals surface area contributed by atoms with Crippen molar-refractivity contribution in [3.63, 3.8) is 0 Å². The first-order valence-corrected chi connectivity index (χ1v) is 10.2. The van der Waals surface area contributed by atoms with Gasteiger partial charge < -0.3 is 0 Å². The minimum Gasteiger partial charge on any atom is -0.265 e. The second-order valence-electron chi connectivity index (χ2n) is 6.56. The van der Waals surface area contributed by atoms with Crippen LogP contribution in [0.25, 0.3) is 11.6 Å². The number of rotatable bonds is 4. The highest BCUT2D eigenvalue weighted by Crippen LogP contribution is 2.29. The van der Waals surface area contributed by atoms with E-state index in [1.807, 2.05) is 13.8 Å². The lowest BCUT2D eigenvalue weighted by molar-refractivity contribution is -0.384. The number of aryl methyl sites for hydroxylation is 1. The zero-order chi connectivity index (χ0) is 19.8. The fourth-order valence-electron chi connectivity index (χ4n) is 3.30. The number of aromatic nitrogens is 2. The van der Waals surface area contributed by atoms with Crippen molar-refractivity contribution >= 4 is 27.2 Å². The highest BCUT2D eigenvalue weighted by molar-refractivity contribution is 7.91. The maximum absolute atomic E-state index is 11.8. The largest absolute Gasteiger partial charge is 0.269 e. The SMILES string of the molecule is Cc1nn([C@H]2CCS(=O)(=O)C2)c(C)c1/C=C(\C#N)c1ccc([N+](=O)[O-])cc1. The number of nitro benzene ring substituents is 1. The van der Waals surface area contributed by atoms with E-state index in [-0.39, 0.29) is 23.2 Å². The number of allylic oxidation sites excluding steroid dienone is 1. The fraction of sp³-hybridized carbons (Fsp3) is 0.333. The van der Waals surface area contributed by atoms with E-state index in [9.17, 15) is 23.8 Å². The number of nitrogens with zero attached hydrogens (tertiary/aromatic N) is 4. The van der Waals surface area contributed by atoms with E-state index < -0.39 is 14.8 Å². The number of nitriles is 1. The summed E-state index contributed by atoms with van der Waals surface area (Å²) in [5.41, 5.74) is 3.14. The third kappa shape index (κ3) is 3.75. The molecule has 1 aromatic heterocycles. The molecule has 0 N–H and O–H groups in total. The molecule has 2 aromatic rings. The minimum absolute atomic E-state index is 0.0429. The smallest absolute Gasteiger partial charge is 0.265 e. The van der Waals surface area contributed by atoms with Crippen molar-refractivity contribution in [2.75, 3.05) is 11.5 Å². The maximum atomic E-state index is 11.8. The van der Waals surface area contributed by atoms with Crippen LogP contribution in [0.2, 0.25) is 0 Å². The first kappa shape index (κ1) is 18.8. The zero-order valence-corrected chi connectivity index (χ0v) is 15.7. The number of non-ortho nitro benzene ring substituents is 1. The Balaban J connectivity index is 1.98. The quantitative estimate of drug-likeness (QED) is 0.453. The Morgan fingerprint density at radius 2 is 2.04 bits per heavy atom. The van der Waals surface area contributed by atoms with Crippen LogP contribution in [0.4, 0.5) is 5.69 Å². The molecule has 0 bridgehead atoms. The van der Waals surface area contributed by atoms with Crippen molar-refractivity contribution < 1.29 is 13.3 Å². The molecule has 9 heteroatoms. The lowest BCUT2D eigenvalue weighted by atomic mass is 10.0. The van der Waals surface area contributed by atoms with E-state index in [1.54, 1.807) is 10.8 Å². The molecule has 0 radical (unpaired) electrons. The Bertz CT molecular complexity index is 1080. The van der Waals surface area contributed by atoms with Gasteiger partial charge in [-0.15, -0.1) is 0 Å². The first-order chi connectivity index (χ1) is 12.7. The molecule has 0 unspecified atom stereocenters. The van der Waals surface area contributed by atoms with Gasteiger partial charge >= 0.3 is 0 Å². The van der Waals surface area contributed by atoms with Crippen LogP contribution in [-0.4, -0.2) is 34.6 Å². The summed E-state index contributed by atoms with van der Waals surface area (Å²) in [5, 5.41) is 24.8. The van der Waals surface area contributed by atoms with Crippen LogP contribution >= 0.6 is 0 Å². The van der Waals surface area contributed by atoms with Gasteiger partial charge in [-0.25, -0.2) is 8.42 Å². The molecule has 0 amide bonds. The van der Waals surface area contributed by atoms with Gasteiger partial charge in [-0.2, -0.15) is 10.4 Å². The van der Waals surface area contributed by atoms with Gasteiger partial charge in [0.25, 0.3) is 5.69 Å². The molecule has 1 aliphatic rings. The van der Waals surface area contributed by atoms with E-state index in [1.165, 1.54) is 24.3 Å². The van der Waals surface area contributed by atoms with E-state index >= 15 is 0 Å². The molecule has 27 heavy (non-hydrogen) atoms. The van der Waals surface area contributed by atoms with E-state index in [0.717, 1.165) is 11.3 Å². The highest BCUT2D eigenvalue weighted by atomic mass is 32.2. The molecule has 140 valence electrons. The molecule has 1 aromatic carbocycles. The van der Waals surface area contributed by atoms with E-state index in [2.05, 4.69) is 11.2 Å². The van der Waals surface area contributed by atoms with Crippen LogP contribution < -0.4 is 0 Å². The molecule has 1 fully saturated rings. The predicted octanol–water partition coefficient (Wildman–Crippen LogP) is 2.83. The molecule has 0 aliphatic carbocycles. The van der Waals surface area contributed by atoms with Gasteiger partial charge in [0.2, 0.25) is 0 Å². The summed E-state index contributed by atoms with van der Waals surface area (Å²) in [5.74, 6) is 0.235. The monoisotopic (exact) mass is 386 g/mol. The Morgan fingerprint density at radius 3 is 2.56 bits per heavy atom. The molecular weight excluding hydrogens is 368 g/mol. The van der Waals surface area contributed by atoms with Crippen molar-refractivity contribution in [3.05, 3.63) is 56.9 Å². The standard InChI is InChI=1S/C18H18N4O4S/c1-12-18(13(2)21(20-12)17-7-8-27(25,26)11-17)9-15(10-19)14-3-5-16(6-4-14)22(23)24/h3-6,9,17H,7-8,11H2,1-2H3/b15-9+/t17-/m0/s1. The lowest BCUT2D eigenvalue weighted by Gasteiger charge is -2.11. The number of sulfone groups is 1. The van der Waals surface area contributed by atoms with Gasteiger partial charge in [0, 0.05) is 23.4 Å². The van der Waals surface area contributed by atoms with E-state index in [4.69, 9.17) is 0 Å². The van der Waals surface area contributed by atoms with Crippen LogP contribution in [0.15, 0.2) is 24.3 Å². The van der Waals surface area contributed by atoms with Gasteiger partial charge in [-0.05, 0) is 44.0 Å². The normalized spacial score (nSPS) is 19.0. The summed E-state index contributed by atoms with van der Waals surface area (Å²) in [7, 11) is -3.03. The van der Waals surface area contributed by atoms with Gasteiger partial charge in [0.1, 0.15) is 0 Å². The molecule has 3 rings (SSSR count). The number of hydrogen-bond donors (Lipinski definition) is 0. The van der Waals surface area contributed by atoms with Crippen LogP contribution in [0.1, 0.15) is 35.0 Å². The average Bonchev–Trinajstić information content (AvgIpc) is 3.12. The van der Waals surface area contributed by atoms with Crippen molar-refractivity contribution in [2.45, 2.75) is 26.3 Å². The Morgan fingerprint density at radius 1 is 1.37 bits per heavy atom. The Labute approximate surface area is 156 Å². The zero-order valence-electron chi connectivity index (χ0n) is 14.9. The second-order valence-corrected chi connectivity index (χ2v) is 8.79. The molecule has 8 nitrogen and oxygen atoms in total. The fourth-order valence-corrected chi connectivity index (χ4v) is 4.99. The van der Waals surface area contributed by atoms with Gasteiger partial charge in [0.15, 0.2) is 9.84 Å². The molecular formula is C18H18N4O4S. The summed E-state index contributed by atoms with van der Waals surface area (Å²) in [4.78, 5) is 10.3. The summed E-state index contributed by atoms with van der Waals surface area (Å²) in [6.07, 6.45) is 2.22. The summed E-state index contributed by atoms with van der Waals surface area (Å²) >= 11 is 0. The van der Waals surface area contributed by atoms with E-state index in [0.29, 0.717) is 23.3 Å². The summed E-state index contributed by atoms with van der Waals surface area (Å²) in [6, 6.07) is 7.70. The highest BCUT2D eigenvalue weighted by Gasteiger charge is 2.31. The maximum Gasteiger partial charge on any atom is 0.269 e. The average molecular weight is 386 g/mol. The molecule has 0 spiro atoms. The summed E-state index contributed by atoms with van der Waals surface area (Å²) < 4.78 is 25.2. The van der Waals surface area contributed by atoms with Gasteiger partial charge in [0.05, 0.1) is 39.8 Å². The topological polar surface area (TPSA) is 119 Å². The summed E-state index contributed by atoms with van der Waals surface area (Å²) in [6.45, 7) is 3.66. The molecule has 1 atom stereocenters. The second kappa shape index (κ2) is 6.96. The third-order valence-corrected chi connectivity index (χ3v) is 6.48. The van der Waals surface area contributed by atoms with Gasteiger partial charge in [-0.1, -0.05) is 0 Å². The van der Waals surface area contributed by atoms with Crippen LogP contribution in [-0.2, 0) is 9.84 Å². The predicted molar refractivity (Wildman–Crippen MR) is 101 cm³/mol. The number of benzene rings is 1. The van der Waals surface area contributed by atoms with Crippen molar-refractivity contribution in [3.8, 4) is 6.07 Å². The molecule has 1 saturated heterocycles. The van der Waals surface area contributed by atoms with Crippen LogP contribution in [0, 0.1) is 35.3 Å². The molecule has 0 saturated carbocycles. The van der Waals surface area contributed by atoms with Crippen molar-refractivity contribution in [2.24, 2.45) is 0 Å². The van der Waals surface area contributed by atoms with Crippen LogP contribution in [0.3, 0.4) is 0 Å². The molecule has 2 heterocycles. The molecule has 1 aliphatic heterocycles. The Hall–Kier alpha value is -2.99. The number of hydrogen-bond acceptors (Lipinski definition) is 6. The third-order valence-electron chi connectivity index (χ3n) is 4.73. The first-order valence-electron chi connectivity index (χ1n) is 8.34. The van der Waals surface area contributed by atoms with Crippen molar-refractivity contribution in [1.29, 1.82) is 5.26 Å². The number of nitro groups is 1. The Kier molecular flexibility index (Phi) is 4.85. The van der Waals surface area contributed by atoms with Crippen LogP contribution in [0.5, 0.6) is 0 Å². The minimum atomic E-state index is -3.03.